The third-order valence-corrected chi connectivity index (χ3v) is 3.22. The molecule has 0 radical (unpaired) electrons. The first-order valence-corrected chi connectivity index (χ1v) is 6.66. The van der Waals surface area contributed by atoms with Gasteiger partial charge in [-0.25, -0.2) is 0 Å². The van der Waals surface area contributed by atoms with Gasteiger partial charge in [0.15, 0.2) is 0 Å². The summed E-state index contributed by atoms with van der Waals surface area (Å²) in [5.74, 6) is 0. The van der Waals surface area contributed by atoms with E-state index in [-0.39, 0.29) is 12.5 Å². The molecule has 0 bridgehead atoms. The standard InChI is InChI=1S/C15H17F3N2O/c1-10(2)20-8-7-13(19-20)9-14(21)11-3-5-12(6-4-11)15(16,17)18/h3-8,10,14,21H,9H2,1-2H3. The molecule has 6 heteroatoms. The van der Waals surface area contributed by atoms with Gasteiger partial charge in [-0.15, -0.1) is 0 Å². The minimum Gasteiger partial charge on any atom is -0.388 e. The van der Waals surface area contributed by atoms with Crippen LogP contribution in [0.25, 0.3) is 0 Å². The van der Waals surface area contributed by atoms with Crippen LogP contribution in [0, 0.1) is 0 Å². The molecule has 2 aromatic rings. The smallest absolute Gasteiger partial charge is 0.388 e. The molecule has 1 aromatic heterocycles. The normalized spacial score (nSPS) is 13.7. The van der Waals surface area contributed by atoms with Crippen LogP contribution in [-0.4, -0.2) is 14.9 Å². The number of aliphatic hydroxyl groups excluding tert-OH is 1. The SMILES string of the molecule is CC(C)n1ccc(CC(O)c2ccc(C(F)(F)F)cc2)n1. The van der Waals surface area contributed by atoms with Gasteiger partial charge in [-0.2, -0.15) is 18.3 Å². The van der Waals surface area contributed by atoms with Gasteiger partial charge < -0.3 is 5.11 Å². The third-order valence-electron chi connectivity index (χ3n) is 3.22. The van der Waals surface area contributed by atoms with Crippen LogP contribution >= 0.6 is 0 Å². The summed E-state index contributed by atoms with van der Waals surface area (Å²) < 4.78 is 39.2. The predicted octanol–water partition coefficient (Wildman–Crippen LogP) is 3.76. The highest BCUT2D eigenvalue weighted by Crippen LogP contribution is 2.30. The van der Waals surface area contributed by atoms with Crippen molar-refractivity contribution in [2.75, 3.05) is 0 Å². The zero-order chi connectivity index (χ0) is 15.6. The molecule has 0 spiro atoms. The molecule has 1 N–H and O–H groups in total. The molecule has 0 aliphatic heterocycles. The van der Waals surface area contributed by atoms with Crippen LogP contribution in [0.3, 0.4) is 0 Å². The molecule has 0 saturated carbocycles. The van der Waals surface area contributed by atoms with E-state index in [0.717, 1.165) is 12.1 Å². The van der Waals surface area contributed by atoms with Crippen molar-refractivity contribution >= 4 is 0 Å². The predicted molar refractivity (Wildman–Crippen MR) is 72.7 cm³/mol. The van der Waals surface area contributed by atoms with Crippen LogP contribution in [0.15, 0.2) is 36.5 Å². The molecular formula is C15H17F3N2O. The molecule has 1 atom stereocenters. The van der Waals surface area contributed by atoms with E-state index in [1.807, 2.05) is 20.0 Å². The maximum Gasteiger partial charge on any atom is 0.416 e. The number of aromatic nitrogens is 2. The Morgan fingerprint density at radius 3 is 2.24 bits per heavy atom. The maximum atomic E-state index is 12.5. The van der Waals surface area contributed by atoms with Gasteiger partial charge in [-0.3, -0.25) is 4.68 Å². The first-order chi connectivity index (χ1) is 9.77. The zero-order valence-electron chi connectivity index (χ0n) is 11.8. The summed E-state index contributed by atoms with van der Waals surface area (Å²) in [4.78, 5) is 0. The van der Waals surface area contributed by atoms with Crippen molar-refractivity contribution in [2.24, 2.45) is 0 Å². The summed E-state index contributed by atoms with van der Waals surface area (Å²) in [5.41, 5.74) is 0.431. The summed E-state index contributed by atoms with van der Waals surface area (Å²) >= 11 is 0. The lowest BCUT2D eigenvalue weighted by Gasteiger charge is -2.12. The Kier molecular flexibility index (Phi) is 4.37. The Hall–Kier alpha value is -1.82. The summed E-state index contributed by atoms with van der Waals surface area (Å²) in [6.07, 6.45) is -3.15. The van der Waals surface area contributed by atoms with Crippen molar-refractivity contribution in [3.05, 3.63) is 53.3 Å². The third kappa shape index (κ3) is 3.85. The van der Waals surface area contributed by atoms with E-state index in [2.05, 4.69) is 5.10 Å². The molecule has 0 amide bonds. The molecule has 2 rings (SSSR count). The Bertz CT molecular complexity index is 588. The molecular weight excluding hydrogens is 281 g/mol. The molecule has 0 fully saturated rings. The van der Waals surface area contributed by atoms with Gasteiger partial charge in [0, 0.05) is 18.7 Å². The Labute approximate surface area is 121 Å². The number of aliphatic hydroxyl groups is 1. The molecule has 21 heavy (non-hydrogen) atoms. The lowest BCUT2D eigenvalue weighted by atomic mass is 10.0. The van der Waals surface area contributed by atoms with Crippen molar-refractivity contribution in [1.82, 2.24) is 9.78 Å². The van der Waals surface area contributed by atoms with Crippen LogP contribution in [-0.2, 0) is 12.6 Å². The van der Waals surface area contributed by atoms with Crippen molar-refractivity contribution in [2.45, 2.75) is 38.6 Å². The number of rotatable bonds is 4. The van der Waals surface area contributed by atoms with Crippen molar-refractivity contribution in [3.8, 4) is 0 Å². The largest absolute Gasteiger partial charge is 0.416 e. The number of alkyl halides is 3. The second kappa shape index (κ2) is 5.89. The quantitative estimate of drug-likeness (QED) is 0.933. The summed E-state index contributed by atoms with van der Waals surface area (Å²) in [6, 6.07) is 6.57. The fraction of sp³-hybridized carbons (Fsp3) is 0.400. The minimum atomic E-state index is -4.36. The topological polar surface area (TPSA) is 38.0 Å². The molecule has 1 heterocycles. The molecule has 0 aliphatic carbocycles. The first-order valence-electron chi connectivity index (χ1n) is 6.66. The molecule has 3 nitrogen and oxygen atoms in total. The average molecular weight is 298 g/mol. The highest BCUT2D eigenvalue weighted by atomic mass is 19.4. The van der Waals surface area contributed by atoms with Gasteiger partial charge >= 0.3 is 6.18 Å². The molecule has 114 valence electrons. The van der Waals surface area contributed by atoms with Gasteiger partial charge in [-0.1, -0.05) is 12.1 Å². The van der Waals surface area contributed by atoms with Crippen LogP contribution in [0.5, 0.6) is 0 Å². The fourth-order valence-corrected chi connectivity index (χ4v) is 1.98. The monoisotopic (exact) mass is 298 g/mol. The van der Waals surface area contributed by atoms with Gasteiger partial charge in [0.1, 0.15) is 0 Å². The average Bonchev–Trinajstić information content (AvgIpc) is 2.86. The lowest BCUT2D eigenvalue weighted by molar-refractivity contribution is -0.137. The number of nitrogens with zero attached hydrogens (tertiary/aromatic N) is 2. The Balaban J connectivity index is 2.07. The first kappa shape index (κ1) is 15.6. The van der Waals surface area contributed by atoms with E-state index < -0.39 is 17.8 Å². The van der Waals surface area contributed by atoms with Crippen LogP contribution < -0.4 is 0 Å². The van der Waals surface area contributed by atoms with E-state index in [9.17, 15) is 18.3 Å². The zero-order valence-corrected chi connectivity index (χ0v) is 11.8. The highest BCUT2D eigenvalue weighted by molar-refractivity contribution is 5.26. The van der Waals surface area contributed by atoms with E-state index in [0.29, 0.717) is 11.3 Å². The van der Waals surface area contributed by atoms with E-state index in [1.54, 1.807) is 10.7 Å². The number of hydrogen-bond donors (Lipinski definition) is 1. The summed E-state index contributed by atoms with van der Waals surface area (Å²) in [5, 5.41) is 14.4. The van der Waals surface area contributed by atoms with Crippen molar-refractivity contribution in [3.63, 3.8) is 0 Å². The van der Waals surface area contributed by atoms with Crippen molar-refractivity contribution in [1.29, 1.82) is 0 Å². The minimum absolute atomic E-state index is 0.224. The summed E-state index contributed by atoms with van der Waals surface area (Å²) in [7, 11) is 0. The van der Waals surface area contributed by atoms with E-state index >= 15 is 0 Å². The van der Waals surface area contributed by atoms with Gasteiger partial charge in [0.05, 0.1) is 17.4 Å². The highest BCUT2D eigenvalue weighted by Gasteiger charge is 2.30. The molecule has 1 unspecified atom stereocenters. The number of halogens is 3. The second-order valence-corrected chi connectivity index (χ2v) is 5.22. The van der Waals surface area contributed by atoms with Crippen molar-refractivity contribution < 1.29 is 18.3 Å². The number of benzene rings is 1. The molecule has 0 saturated heterocycles. The fourth-order valence-electron chi connectivity index (χ4n) is 1.98. The molecule has 1 aromatic carbocycles. The van der Waals surface area contributed by atoms with Gasteiger partial charge in [0.25, 0.3) is 0 Å². The van der Waals surface area contributed by atoms with Crippen LogP contribution in [0.2, 0.25) is 0 Å². The van der Waals surface area contributed by atoms with Gasteiger partial charge in [-0.05, 0) is 37.6 Å². The number of hydrogen-bond acceptors (Lipinski definition) is 2. The van der Waals surface area contributed by atoms with E-state index in [1.165, 1.54) is 12.1 Å². The summed E-state index contributed by atoms with van der Waals surface area (Å²) in [6.45, 7) is 3.98. The van der Waals surface area contributed by atoms with E-state index in [4.69, 9.17) is 0 Å². The van der Waals surface area contributed by atoms with Gasteiger partial charge in [0.2, 0.25) is 0 Å². The van der Waals surface area contributed by atoms with Crippen LogP contribution in [0.1, 0.15) is 42.8 Å². The van der Waals surface area contributed by atoms with Crippen LogP contribution in [0.4, 0.5) is 13.2 Å². The second-order valence-electron chi connectivity index (χ2n) is 5.22. The lowest BCUT2D eigenvalue weighted by Crippen LogP contribution is -2.07. The Morgan fingerprint density at radius 1 is 1.14 bits per heavy atom. The maximum absolute atomic E-state index is 12.5. The molecule has 0 aliphatic rings. The Morgan fingerprint density at radius 2 is 1.76 bits per heavy atom.